The van der Waals surface area contributed by atoms with Crippen molar-refractivity contribution in [3.05, 3.63) is 60.2 Å². The van der Waals surface area contributed by atoms with E-state index in [1.807, 2.05) is 68.4 Å². The third-order valence-electron chi connectivity index (χ3n) is 5.95. The average Bonchev–Trinajstić information content (AvgIpc) is 3.52. The lowest BCUT2D eigenvalue weighted by atomic mass is 10.0. The van der Waals surface area contributed by atoms with Crippen LogP contribution < -0.4 is 14.4 Å². The highest BCUT2D eigenvalue weighted by Gasteiger charge is 2.30. The Bertz CT molecular complexity index is 1310. The van der Waals surface area contributed by atoms with Gasteiger partial charge in [0.25, 0.3) is 5.91 Å². The van der Waals surface area contributed by atoms with Gasteiger partial charge in [0.15, 0.2) is 5.13 Å². The highest BCUT2D eigenvalue weighted by Crippen LogP contribution is 2.36. The predicted molar refractivity (Wildman–Crippen MR) is 137 cm³/mol. The molecule has 1 amide bonds. The molecule has 0 saturated carbocycles. The first-order chi connectivity index (χ1) is 16.7. The Morgan fingerprint density at radius 3 is 2.76 bits per heavy atom. The second-order valence-electron chi connectivity index (χ2n) is 8.20. The topological polar surface area (TPSA) is 60.9 Å². The van der Waals surface area contributed by atoms with Crippen molar-refractivity contribution in [3.63, 3.8) is 0 Å². The smallest absolute Gasteiger partial charge is 0.264 e. The molecule has 1 atom stereocenters. The molecule has 1 saturated heterocycles. The van der Waals surface area contributed by atoms with Crippen LogP contribution in [0.15, 0.2) is 54.6 Å². The van der Waals surface area contributed by atoms with E-state index >= 15 is 0 Å². The van der Waals surface area contributed by atoms with Crippen LogP contribution in [-0.4, -0.2) is 43.4 Å². The van der Waals surface area contributed by atoms with Crippen LogP contribution in [0.5, 0.6) is 11.5 Å². The molecule has 6 nitrogen and oxygen atoms in total. The Morgan fingerprint density at radius 2 is 1.97 bits per heavy atom. The Kier molecular flexibility index (Phi) is 6.65. The maximum Gasteiger partial charge on any atom is 0.264 e. The molecular formula is C27H28N2O4S. The van der Waals surface area contributed by atoms with Gasteiger partial charge in [0.2, 0.25) is 0 Å². The number of ether oxygens (including phenoxy) is 3. The van der Waals surface area contributed by atoms with E-state index in [0.29, 0.717) is 36.2 Å². The summed E-state index contributed by atoms with van der Waals surface area (Å²) in [5.41, 5.74) is 1.41. The van der Waals surface area contributed by atoms with Crippen molar-refractivity contribution in [3.8, 4) is 11.5 Å². The van der Waals surface area contributed by atoms with Gasteiger partial charge in [-0.1, -0.05) is 41.7 Å². The van der Waals surface area contributed by atoms with Gasteiger partial charge < -0.3 is 14.2 Å². The number of carbonyl (C=O) groups excluding carboxylic acids is 1. The summed E-state index contributed by atoms with van der Waals surface area (Å²) in [4.78, 5) is 20.8. The van der Waals surface area contributed by atoms with E-state index in [9.17, 15) is 4.79 Å². The molecule has 34 heavy (non-hydrogen) atoms. The molecule has 5 rings (SSSR count). The van der Waals surface area contributed by atoms with Crippen molar-refractivity contribution in [2.24, 2.45) is 0 Å². The van der Waals surface area contributed by atoms with Gasteiger partial charge in [0.05, 0.1) is 41.6 Å². The van der Waals surface area contributed by atoms with Gasteiger partial charge in [0.1, 0.15) is 11.5 Å². The van der Waals surface area contributed by atoms with Crippen molar-refractivity contribution in [2.75, 3.05) is 31.3 Å². The van der Waals surface area contributed by atoms with Gasteiger partial charge >= 0.3 is 0 Å². The van der Waals surface area contributed by atoms with Gasteiger partial charge in [0, 0.05) is 6.61 Å². The number of fused-ring (bicyclic) bond motifs is 2. The van der Waals surface area contributed by atoms with Gasteiger partial charge in [-0.25, -0.2) is 4.98 Å². The van der Waals surface area contributed by atoms with Crippen LogP contribution in [-0.2, 0) is 4.74 Å². The van der Waals surface area contributed by atoms with Crippen molar-refractivity contribution >= 4 is 43.4 Å². The number of anilines is 1. The number of amides is 1. The minimum absolute atomic E-state index is 0.0135. The number of thiazole rings is 1. The fraction of sp³-hybridized carbons (Fsp3) is 0.333. The number of hydrogen-bond acceptors (Lipinski definition) is 6. The molecule has 0 spiro atoms. The quantitative estimate of drug-likeness (QED) is 0.309. The summed E-state index contributed by atoms with van der Waals surface area (Å²) in [7, 11) is 0. The van der Waals surface area contributed by atoms with Crippen molar-refractivity contribution in [1.82, 2.24) is 4.98 Å². The number of hydrogen-bond donors (Lipinski definition) is 0. The van der Waals surface area contributed by atoms with Gasteiger partial charge in [-0.3, -0.25) is 9.69 Å². The molecule has 176 valence electrons. The van der Waals surface area contributed by atoms with Crippen molar-refractivity contribution in [2.45, 2.75) is 32.8 Å². The third-order valence-corrected chi connectivity index (χ3v) is 6.99. The number of aromatic nitrogens is 1. The molecule has 1 aliphatic heterocycles. The first kappa shape index (κ1) is 22.6. The Labute approximate surface area is 203 Å². The molecule has 3 aromatic carbocycles. The fourth-order valence-corrected chi connectivity index (χ4v) is 5.39. The van der Waals surface area contributed by atoms with Crippen LogP contribution in [0.25, 0.3) is 21.0 Å². The van der Waals surface area contributed by atoms with E-state index in [4.69, 9.17) is 19.2 Å². The average molecular weight is 477 g/mol. The summed E-state index contributed by atoms with van der Waals surface area (Å²) in [5.74, 6) is 1.26. The predicted octanol–water partition coefficient (Wildman–Crippen LogP) is 6.07. The van der Waals surface area contributed by atoms with E-state index in [1.165, 1.54) is 11.3 Å². The lowest BCUT2D eigenvalue weighted by Crippen LogP contribution is -2.37. The fourth-order valence-electron chi connectivity index (χ4n) is 4.39. The summed E-state index contributed by atoms with van der Waals surface area (Å²) >= 11 is 1.49. The molecule has 1 aliphatic rings. The summed E-state index contributed by atoms with van der Waals surface area (Å²) in [6.07, 6.45) is 1.92. The molecule has 1 aromatic heterocycles. The first-order valence-electron chi connectivity index (χ1n) is 11.8. The summed E-state index contributed by atoms with van der Waals surface area (Å²) in [6.45, 7) is 6.14. The van der Waals surface area contributed by atoms with Crippen LogP contribution in [0.1, 0.15) is 37.0 Å². The monoisotopic (exact) mass is 476 g/mol. The molecule has 4 aromatic rings. The Hall–Kier alpha value is -3.16. The highest BCUT2D eigenvalue weighted by atomic mass is 32.1. The zero-order chi connectivity index (χ0) is 23.5. The van der Waals surface area contributed by atoms with E-state index in [1.54, 1.807) is 4.90 Å². The second kappa shape index (κ2) is 9.99. The molecule has 1 fully saturated rings. The molecule has 0 aliphatic carbocycles. The zero-order valence-corrected chi connectivity index (χ0v) is 20.3. The minimum atomic E-state index is -0.125. The normalized spacial score (nSPS) is 15.6. The van der Waals surface area contributed by atoms with Crippen LogP contribution in [0.4, 0.5) is 5.13 Å². The van der Waals surface area contributed by atoms with Crippen LogP contribution in [0.3, 0.4) is 0 Å². The third kappa shape index (κ3) is 4.45. The van der Waals surface area contributed by atoms with Crippen molar-refractivity contribution in [1.29, 1.82) is 0 Å². The molecule has 1 unspecified atom stereocenters. The molecular weight excluding hydrogens is 448 g/mol. The number of rotatable bonds is 8. The lowest BCUT2D eigenvalue weighted by Gasteiger charge is -2.24. The van der Waals surface area contributed by atoms with Crippen LogP contribution in [0, 0.1) is 0 Å². The first-order valence-corrected chi connectivity index (χ1v) is 12.6. The molecule has 0 N–H and O–H groups in total. The largest absolute Gasteiger partial charge is 0.494 e. The second-order valence-corrected chi connectivity index (χ2v) is 9.21. The van der Waals surface area contributed by atoms with E-state index in [0.717, 1.165) is 46.2 Å². The SMILES string of the molecule is CCOc1ccc2nc(N(CC3CCCO3)C(=O)c3c(OCC)ccc4ccccc34)sc2c1. The van der Waals surface area contributed by atoms with Gasteiger partial charge in [-0.15, -0.1) is 0 Å². The highest BCUT2D eigenvalue weighted by molar-refractivity contribution is 7.22. The standard InChI is InChI=1S/C27H28N2O4S/c1-3-31-19-12-13-22-24(16-19)34-27(28-22)29(17-20-9-7-15-33-20)26(30)25-21-10-6-5-8-18(21)11-14-23(25)32-4-2/h5-6,8,10-14,16,20H,3-4,7,9,15,17H2,1-2H3. The summed E-state index contributed by atoms with van der Waals surface area (Å²) < 4.78 is 18.5. The van der Waals surface area contributed by atoms with Gasteiger partial charge in [-0.05, 0) is 61.7 Å². The lowest BCUT2D eigenvalue weighted by molar-refractivity contribution is 0.0916. The summed E-state index contributed by atoms with van der Waals surface area (Å²) in [5, 5.41) is 2.52. The van der Waals surface area contributed by atoms with Crippen LogP contribution in [0.2, 0.25) is 0 Å². The zero-order valence-electron chi connectivity index (χ0n) is 19.5. The maximum absolute atomic E-state index is 14.2. The molecule has 7 heteroatoms. The van der Waals surface area contributed by atoms with E-state index in [2.05, 4.69) is 0 Å². The number of carbonyl (C=O) groups is 1. The number of benzene rings is 3. The Morgan fingerprint density at radius 1 is 1.12 bits per heavy atom. The van der Waals surface area contributed by atoms with Crippen LogP contribution >= 0.6 is 11.3 Å². The van der Waals surface area contributed by atoms with E-state index < -0.39 is 0 Å². The molecule has 0 bridgehead atoms. The number of nitrogens with zero attached hydrogens (tertiary/aromatic N) is 2. The minimum Gasteiger partial charge on any atom is -0.494 e. The van der Waals surface area contributed by atoms with Crippen molar-refractivity contribution < 1.29 is 19.0 Å². The molecule has 0 radical (unpaired) electrons. The molecule has 2 heterocycles. The maximum atomic E-state index is 14.2. The Balaban J connectivity index is 1.61. The van der Waals surface area contributed by atoms with Gasteiger partial charge in [-0.2, -0.15) is 0 Å². The summed E-state index contributed by atoms with van der Waals surface area (Å²) in [6, 6.07) is 17.6. The van der Waals surface area contributed by atoms with E-state index in [-0.39, 0.29) is 12.0 Å².